The van der Waals surface area contributed by atoms with Crippen molar-refractivity contribution in [2.24, 2.45) is 0 Å². The van der Waals surface area contributed by atoms with Gasteiger partial charge in [0, 0.05) is 50.7 Å². The van der Waals surface area contributed by atoms with Crippen molar-refractivity contribution in [3.63, 3.8) is 0 Å². The number of fused-ring (bicyclic) bond motifs is 1. The number of aromatic nitrogens is 3. The van der Waals surface area contributed by atoms with Crippen LogP contribution in [0, 0.1) is 0 Å². The fourth-order valence-electron chi connectivity index (χ4n) is 5.26. The number of hydrogen-bond acceptors (Lipinski definition) is 5. The van der Waals surface area contributed by atoms with Gasteiger partial charge >= 0.3 is 6.18 Å². The lowest BCUT2D eigenvalue weighted by atomic mass is 10.0. The Balaban J connectivity index is 1.25. The fraction of sp³-hybridized carbons (Fsp3) is 0.444. The van der Waals surface area contributed by atoms with Crippen molar-refractivity contribution in [2.45, 2.75) is 68.7 Å². The van der Waals surface area contributed by atoms with Crippen LogP contribution in [0.1, 0.15) is 48.3 Å². The van der Waals surface area contributed by atoms with Gasteiger partial charge in [-0.1, -0.05) is 12.5 Å². The molecule has 5 rings (SSSR count). The molecular weight excluding hydrogens is 531 g/mol. The number of imidazole rings is 1. The predicted molar refractivity (Wildman–Crippen MR) is 137 cm³/mol. The number of sulfonamides is 1. The molecule has 1 amide bonds. The Morgan fingerprint density at radius 2 is 1.82 bits per heavy atom. The molecule has 4 heterocycles. The summed E-state index contributed by atoms with van der Waals surface area (Å²) in [5, 5.41) is 0. The summed E-state index contributed by atoms with van der Waals surface area (Å²) in [6, 6.07) is 7.12. The van der Waals surface area contributed by atoms with Crippen molar-refractivity contribution in [3.8, 4) is 0 Å². The number of hydrogen-bond donors (Lipinski definition) is 0. The SMILES string of the molecule is O=C(CC1CCCCN1S(=O)(=O)c1cccc(C(F)(F)F)c1)N1CCn2cc(CCc3ccncc3)nc2C1. The summed E-state index contributed by atoms with van der Waals surface area (Å²) < 4.78 is 69.7. The highest BCUT2D eigenvalue weighted by Gasteiger charge is 2.38. The van der Waals surface area contributed by atoms with Crippen LogP contribution in [-0.4, -0.2) is 57.2 Å². The van der Waals surface area contributed by atoms with Gasteiger partial charge in [-0.25, -0.2) is 13.4 Å². The van der Waals surface area contributed by atoms with E-state index >= 15 is 0 Å². The summed E-state index contributed by atoms with van der Waals surface area (Å²) in [6.45, 7) is 1.59. The predicted octanol–water partition coefficient (Wildman–Crippen LogP) is 4.06. The number of aryl methyl sites for hydroxylation is 2. The van der Waals surface area contributed by atoms with E-state index in [9.17, 15) is 26.4 Å². The van der Waals surface area contributed by atoms with E-state index in [1.54, 1.807) is 17.3 Å². The van der Waals surface area contributed by atoms with Gasteiger partial charge in [0.25, 0.3) is 0 Å². The molecule has 2 aliphatic heterocycles. The third-order valence-corrected chi connectivity index (χ3v) is 9.32. The summed E-state index contributed by atoms with van der Waals surface area (Å²) in [5.74, 6) is 0.607. The Labute approximate surface area is 225 Å². The van der Waals surface area contributed by atoms with E-state index in [0.717, 1.165) is 42.9 Å². The number of amides is 1. The molecule has 2 aliphatic rings. The normalized spacial score (nSPS) is 18.6. The molecule has 0 spiro atoms. The van der Waals surface area contributed by atoms with Crippen LogP contribution in [0.2, 0.25) is 0 Å². The van der Waals surface area contributed by atoms with E-state index < -0.39 is 32.7 Å². The maximum Gasteiger partial charge on any atom is 0.416 e. The van der Waals surface area contributed by atoms with Gasteiger partial charge in [0.15, 0.2) is 0 Å². The molecule has 0 aliphatic carbocycles. The Morgan fingerprint density at radius 3 is 2.59 bits per heavy atom. The smallest absolute Gasteiger partial charge is 0.333 e. The Hall–Kier alpha value is -3.25. The first-order valence-corrected chi connectivity index (χ1v) is 14.5. The van der Waals surface area contributed by atoms with Crippen molar-refractivity contribution in [1.29, 1.82) is 0 Å². The van der Waals surface area contributed by atoms with Crippen LogP contribution in [0.5, 0.6) is 0 Å². The van der Waals surface area contributed by atoms with Gasteiger partial charge in [0.2, 0.25) is 15.9 Å². The number of alkyl halides is 3. The monoisotopic (exact) mass is 561 g/mol. The first-order valence-electron chi connectivity index (χ1n) is 13.0. The Morgan fingerprint density at radius 1 is 1.03 bits per heavy atom. The highest BCUT2D eigenvalue weighted by molar-refractivity contribution is 7.89. The molecule has 0 radical (unpaired) electrons. The largest absolute Gasteiger partial charge is 0.416 e. The van der Waals surface area contributed by atoms with E-state index in [1.165, 1.54) is 15.9 Å². The molecule has 1 fully saturated rings. The number of benzene rings is 1. The molecule has 1 aromatic carbocycles. The summed E-state index contributed by atoms with van der Waals surface area (Å²) in [5.41, 5.74) is 1.10. The van der Waals surface area contributed by atoms with Gasteiger partial charge in [-0.3, -0.25) is 9.78 Å². The van der Waals surface area contributed by atoms with E-state index in [4.69, 9.17) is 4.98 Å². The zero-order valence-corrected chi connectivity index (χ0v) is 22.2. The van der Waals surface area contributed by atoms with Crippen LogP contribution < -0.4 is 0 Å². The molecular formula is C27H30F3N5O3S. The molecule has 0 bridgehead atoms. The molecule has 1 unspecified atom stereocenters. The van der Waals surface area contributed by atoms with Crippen molar-refractivity contribution in [3.05, 3.63) is 77.6 Å². The van der Waals surface area contributed by atoms with Crippen LogP contribution in [0.4, 0.5) is 13.2 Å². The van der Waals surface area contributed by atoms with Crippen molar-refractivity contribution < 1.29 is 26.4 Å². The molecule has 3 aromatic rings. The molecule has 208 valence electrons. The van der Waals surface area contributed by atoms with Crippen molar-refractivity contribution in [1.82, 2.24) is 23.7 Å². The van der Waals surface area contributed by atoms with Gasteiger partial charge in [-0.05, 0) is 61.6 Å². The minimum atomic E-state index is -4.65. The highest BCUT2D eigenvalue weighted by atomic mass is 32.2. The van der Waals surface area contributed by atoms with Crippen LogP contribution >= 0.6 is 0 Å². The maximum atomic E-state index is 13.4. The van der Waals surface area contributed by atoms with Gasteiger partial charge in [0.1, 0.15) is 5.82 Å². The minimum absolute atomic E-state index is 0.0200. The zero-order valence-electron chi connectivity index (χ0n) is 21.3. The standard InChI is InChI=1S/C27H30F3N5O3S/c28-27(29,30)21-4-3-6-24(16-21)39(37,38)35-13-2-1-5-23(35)17-26(36)34-15-14-33-18-22(32-25(33)19-34)8-7-20-9-11-31-12-10-20/h3-4,6,9-12,16,18,23H,1-2,5,7-8,13-15,17,19H2. The number of pyridine rings is 1. The van der Waals surface area contributed by atoms with Crippen LogP contribution in [0.25, 0.3) is 0 Å². The fourth-order valence-corrected chi connectivity index (χ4v) is 7.00. The average Bonchev–Trinajstić information content (AvgIpc) is 3.34. The number of carbonyl (C=O) groups excluding carboxylic acids is 1. The third kappa shape index (κ3) is 6.17. The lowest BCUT2D eigenvalue weighted by Crippen LogP contribution is -2.47. The van der Waals surface area contributed by atoms with Gasteiger partial charge in [-0.15, -0.1) is 0 Å². The number of piperidine rings is 1. The van der Waals surface area contributed by atoms with Crippen molar-refractivity contribution in [2.75, 3.05) is 13.1 Å². The zero-order chi connectivity index (χ0) is 27.6. The van der Waals surface area contributed by atoms with E-state index in [-0.39, 0.29) is 18.9 Å². The number of carbonyl (C=O) groups is 1. The van der Waals surface area contributed by atoms with Gasteiger partial charge < -0.3 is 9.47 Å². The summed E-state index contributed by atoms with van der Waals surface area (Å²) in [7, 11) is -4.20. The van der Waals surface area contributed by atoms with Crippen molar-refractivity contribution >= 4 is 15.9 Å². The lowest BCUT2D eigenvalue weighted by Gasteiger charge is -2.36. The maximum absolute atomic E-state index is 13.4. The second-order valence-corrected chi connectivity index (χ2v) is 11.9. The van der Waals surface area contributed by atoms with Gasteiger partial charge in [0.05, 0.1) is 22.7 Å². The van der Waals surface area contributed by atoms with Gasteiger partial charge in [-0.2, -0.15) is 17.5 Å². The van der Waals surface area contributed by atoms with E-state index in [2.05, 4.69) is 9.55 Å². The third-order valence-electron chi connectivity index (χ3n) is 7.38. The minimum Gasteiger partial charge on any atom is -0.333 e. The molecule has 1 saturated heterocycles. The Bertz CT molecular complexity index is 1430. The number of rotatable bonds is 7. The molecule has 39 heavy (non-hydrogen) atoms. The lowest BCUT2D eigenvalue weighted by molar-refractivity contribution is -0.137. The molecule has 2 aromatic heterocycles. The van der Waals surface area contributed by atoms with E-state index in [1.807, 2.05) is 18.3 Å². The molecule has 0 N–H and O–H groups in total. The number of nitrogens with zero attached hydrogens (tertiary/aromatic N) is 5. The number of halogens is 3. The molecule has 8 nitrogen and oxygen atoms in total. The molecule has 1 atom stereocenters. The highest BCUT2D eigenvalue weighted by Crippen LogP contribution is 2.33. The van der Waals surface area contributed by atoms with Crippen LogP contribution in [0.3, 0.4) is 0 Å². The van der Waals surface area contributed by atoms with E-state index in [0.29, 0.717) is 38.5 Å². The first kappa shape index (κ1) is 27.3. The summed E-state index contributed by atoms with van der Waals surface area (Å²) in [4.78, 5) is 23.3. The molecule has 0 saturated carbocycles. The van der Waals surface area contributed by atoms with Crippen LogP contribution in [0.15, 0.2) is 59.9 Å². The second-order valence-electron chi connectivity index (χ2n) is 10.0. The quantitative estimate of drug-likeness (QED) is 0.434. The summed E-state index contributed by atoms with van der Waals surface area (Å²) >= 11 is 0. The second kappa shape index (κ2) is 11.1. The topological polar surface area (TPSA) is 88.4 Å². The van der Waals surface area contributed by atoms with Crippen LogP contribution in [-0.2, 0) is 46.9 Å². The molecule has 12 heteroatoms. The summed E-state index contributed by atoms with van der Waals surface area (Å²) in [6.07, 6.45) is 4.28. The Kier molecular flexibility index (Phi) is 7.77. The average molecular weight is 562 g/mol. The first-order chi connectivity index (χ1) is 18.6.